The lowest BCUT2D eigenvalue weighted by Crippen LogP contribution is -2.24. The van der Waals surface area contributed by atoms with Gasteiger partial charge in [-0.05, 0) is 43.2 Å². The minimum atomic E-state index is -3.66. The molecule has 2 aromatic carbocycles. The van der Waals surface area contributed by atoms with Crippen molar-refractivity contribution in [1.82, 2.24) is 24.6 Å². The number of aryl methyl sites for hydroxylation is 1. The maximum atomic E-state index is 12.9. The van der Waals surface area contributed by atoms with Crippen molar-refractivity contribution in [1.29, 1.82) is 0 Å². The number of aromatic nitrogens is 3. The number of fused-ring (bicyclic) bond motifs is 3. The topological polar surface area (TPSA) is 141 Å². The van der Waals surface area contributed by atoms with Crippen molar-refractivity contribution in [3.05, 3.63) is 83.0 Å². The number of carbonyl (C=O) groups excluding carboxylic acids is 1. The van der Waals surface area contributed by atoms with Crippen molar-refractivity contribution < 1.29 is 17.9 Å². The van der Waals surface area contributed by atoms with Gasteiger partial charge < -0.3 is 20.4 Å². The van der Waals surface area contributed by atoms with Crippen LogP contribution in [-0.4, -0.2) is 49.1 Å². The van der Waals surface area contributed by atoms with E-state index < -0.39 is 10.0 Å². The number of hydrogen-bond donors (Lipinski definition) is 3. The summed E-state index contributed by atoms with van der Waals surface area (Å²) in [5.74, 6) is 1.04. The predicted octanol–water partition coefficient (Wildman–Crippen LogP) is 4.11. The first-order valence-electron chi connectivity index (χ1n) is 13.3. The fraction of sp³-hybridized carbons (Fsp3) is 0.276. The lowest BCUT2D eigenvalue weighted by atomic mass is 10.2. The third-order valence-corrected chi connectivity index (χ3v) is 9.72. The second-order valence-corrected chi connectivity index (χ2v) is 12.7. The number of nitrogens with one attached hydrogen (secondary N) is 2. The van der Waals surface area contributed by atoms with Gasteiger partial charge in [0, 0.05) is 42.4 Å². The minimum absolute atomic E-state index is 0.204. The van der Waals surface area contributed by atoms with Crippen LogP contribution in [0.15, 0.2) is 70.9 Å². The zero-order valence-corrected chi connectivity index (χ0v) is 24.3. The molecule has 0 saturated carbocycles. The summed E-state index contributed by atoms with van der Waals surface area (Å²) in [5.41, 5.74) is 9.23. The van der Waals surface area contributed by atoms with Crippen molar-refractivity contribution in [3.8, 4) is 0 Å². The standard InChI is InChI=1S/C29H32N6O4S2/c1-39-18-15-24-34-26-27(22-11-5-6-12-23(22)33-28(26)30)35(24)17-8-7-16-32-41(37,38)25-14-13-21(40-25)19-31-29(36)20-9-3-2-4-10-20/h2-6,9-14,32H,7-8,15-19H2,1H3,(H2,30,33)(H,31,36). The van der Waals surface area contributed by atoms with Crippen molar-refractivity contribution >= 4 is 55.0 Å². The summed E-state index contributed by atoms with van der Waals surface area (Å²) < 4.78 is 36.1. The van der Waals surface area contributed by atoms with Crippen molar-refractivity contribution in [2.45, 2.75) is 36.6 Å². The molecule has 0 unspecified atom stereocenters. The number of amides is 1. The van der Waals surface area contributed by atoms with E-state index in [1.807, 2.05) is 30.3 Å². The molecule has 3 aromatic heterocycles. The fourth-order valence-electron chi connectivity index (χ4n) is 4.66. The van der Waals surface area contributed by atoms with E-state index >= 15 is 0 Å². The Bertz CT molecular complexity index is 1770. The summed E-state index contributed by atoms with van der Waals surface area (Å²) in [6.07, 6.45) is 1.98. The number of nitrogens with two attached hydrogens (primary N) is 1. The number of anilines is 1. The van der Waals surface area contributed by atoms with Crippen LogP contribution >= 0.6 is 11.3 Å². The molecular weight excluding hydrogens is 560 g/mol. The Kier molecular flexibility index (Phi) is 8.93. The second kappa shape index (κ2) is 12.8. The SMILES string of the molecule is COCCc1nc2c(N)nc3ccccc3c2n1CCCCNS(=O)(=O)c1ccc(CNC(=O)c2ccccc2)s1. The third-order valence-electron chi connectivity index (χ3n) is 6.68. The second-order valence-electron chi connectivity index (χ2n) is 9.51. The summed E-state index contributed by atoms with van der Waals surface area (Å²) in [4.78, 5) is 22.3. The van der Waals surface area contributed by atoms with Crippen LogP contribution in [0.1, 0.15) is 33.9 Å². The molecule has 0 aliphatic heterocycles. The van der Waals surface area contributed by atoms with Gasteiger partial charge in [0.2, 0.25) is 10.0 Å². The number of benzene rings is 2. The molecule has 0 atom stereocenters. The van der Waals surface area contributed by atoms with E-state index in [2.05, 4.69) is 19.6 Å². The number of thiophene rings is 1. The van der Waals surface area contributed by atoms with Gasteiger partial charge in [0.25, 0.3) is 5.91 Å². The predicted molar refractivity (Wildman–Crippen MR) is 161 cm³/mol. The Morgan fingerprint density at radius 1 is 1.02 bits per heavy atom. The first-order chi connectivity index (χ1) is 19.9. The number of ether oxygens (including phenoxy) is 1. The quantitative estimate of drug-likeness (QED) is 0.175. The number of pyridine rings is 1. The number of unbranched alkanes of at least 4 members (excludes halogenated alkanes) is 1. The van der Waals surface area contributed by atoms with Gasteiger partial charge in [-0.2, -0.15) is 0 Å². The Hall–Kier alpha value is -3.84. The average molecular weight is 593 g/mol. The molecule has 3 heterocycles. The van der Waals surface area contributed by atoms with Crippen LogP contribution in [0.25, 0.3) is 21.9 Å². The molecule has 214 valence electrons. The Labute approximate surface area is 242 Å². The maximum absolute atomic E-state index is 12.9. The molecule has 1 amide bonds. The van der Waals surface area contributed by atoms with Crippen molar-refractivity contribution in [3.63, 3.8) is 0 Å². The summed E-state index contributed by atoms with van der Waals surface area (Å²) in [5, 5.41) is 3.80. The van der Waals surface area contributed by atoms with E-state index in [0.717, 1.165) is 44.9 Å². The zero-order chi connectivity index (χ0) is 28.8. The van der Waals surface area contributed by atoms with Gasteiger partial charge in [0.15, 0.2) is 5.82 Å². The highest BCUT2D eigenvalue weighted by Gasteiger charge is 2.19. The number of sulfonamides is 1. The molecule has 10 nitrogen and oxygen atoms in total. The molecule has 0 aliphatic carbocycles. The zero-order valence-electron chi connectivity index (χ0n) is 22.7. The molecule has 4 N–H and O–H groups in total. The van der Waals surface area contributed by atoms with Crippen LogP contribution in [0.5, 0.6) is 0 Å². The lowest BCUT2D eigenvalue weighted by Gasteiger charge is -2.11. The Balaban J connectivity index is 1.20. The number of carbonyl (C=O) groups is 1. The van der Waals surface area contributed by atoms with E-state index in [-0.39, 0.29) is 16.7 Å². The van der Waals surface area contributed by atoms with Crippen LogP contribution in [0.2, 0.25) is 0 Å². The number of imidazole rings is 1. The van der Waals surface area contributed by atoms with Gasteiger partial charge in [-0.1, -0.05) is 36.4 Å². The number of hydrogen-bond acceptors (Lipinski definition) is 8. The van der Waals surface area contributed by atoms with Crippen LogP contribution in [0.4, 0.5) is 5.82 Å². The van der Waals surface area contributed by atoms with Crippen LogP contribution in [0, 0.1) is 0 Å². The largest absolute Gasteiger partial charge is 0.384 e. The molecular formula is C29H32N6O4S2. The summed E-state index contributed by atoms with van der Waals surface area (Å²) in [6.45, 7) is 1.72. The normalized spacial score (nSPS) is 11.8. The molecule has 12 heteroatoms. The molecule has 0 bridgehead atoms. The van der Waals surface area contributed by atoms with Gasteiger partial charge in [0.05, 0.1) is 24.2 Å². The maximum Gasteiger partial charge on any atom is 0.251 e. The van der Waals surface area contributed by atoms with E-state index in [9.17, 15) is 13.2 Å². The molecule has 0 spiro atoms. The van der Waals surface area contributed by atoms with E-state index in [1.165, 1.54) is 0 Å². The lowest BCUT2D eigenvalue weighted by molar-refractivity contribution is 0.0951. The molecule has 0 fully saturated rings. The molecule has 5 rings (SSSR count). The highest BCUT2D eigenvalue weighted by atomic mass is 32.2. The molecule has 41 heavy (non-hydrogen) atoms. The number of nitrogen functional groups attached to an aromatic ring is 1. The van der Waals surface area contributed by atoms with Crippen LogP contribution in [-0.2, 0) is 34.3 Å². The van der Waals surface area contributed by atoms with E-state index in [1.54, 1.807) is 43.5 Å². The van der Waals surface area contributed by atoms with Crippen molar-refractivity contribution in [2.24, 2.45) is 0 Å². The average Bonchev–Trinajstić information content (AvgIpc) is 3.61. The number of para-hydroxylation sites is 1. The van der Waals surface area contributed by atoms with Gasteiger partial charge in [-0.3, -0.25) is 4.79 Å². The van der Waals surface area contributed by atoms with Crippen molar-refractivity contribution in [2.75, 3.05) is 26.0 Å². The third kappa shape index (κ3) is 6.57. The molecule has 0 aliphatic rings. The Morgan fingerprint density at radius 3 is 2.61 bits per heavy atom. The van der Waals surface area contributed by atoms with Gasteiger partial charge in [-0.25, -0.2) is 23.1 Å². The van der Waals surface area contributed by atoms with Gasteiger partial charge in [-0.15, -0.1) is 11.3 Å². The smallest absolute Gasteiger partial charge is 0.251 e. The van der Waals surface area contributed by atoms with Gasteiger partial charge in [0.1, 0.15) is 15.6 Å². The molecule has 0 saturated heterocycles. The van der Waals surface area contributed by atoms with Crippen LogP contribution < -0.4 is 15.8 Å². The first-order valence-corrected chi connectivity index (χ1v) is 15.6. The number of methoxy groups -OCH3 is 1. The van der Waals surface area contributed by atoms with Crippen LogP contribution in [0.3, 0.4) is 0 Å². The highest BCUT2D eigenvalue weighted by molar-refractivity contribution is 7.91. The first kappa shape index (κ1) is 28.7. The Morgan fingerprint density at radius 2 is 1.80 bits per heavy atom. The number of rotatable bonds is 13. The summed E-state index contributed by atoms with van der Waals surface area (Å²) >= 11 is 1.15. The molecule has 0 radical (unpaired) electrons. The molecule has 5 aromatic rings. The highest BCUT2D eigenvalue weighted by Crippen LogP contribution is 2.29. The monoisotopic (exact) mass is 592 g/mol. The van der Waals surface area contributed by atoms with E-state index in [0.29, 0.717) is 49.4 Å². The fourth-order valence-corrected chi connectivity index (χ4v) is 7.07. The number of nitrogens with zero attached hydrogens (tertiary/aromatic N) is 3. The summed E-state index contributed by atoms with van der Waals surface area (Å²) in [6, 6.07) is 20.0. The minimum Gasteiger partial charge on any atom is -0.384 e. The summed E-state index contributed by atoms with van der Waals surface area (Å²) in [7, 11) is -2.00. The van der Waals surface area contributed by atoms with Gasteiger partial charge >= 0.3 is 0 Å². The van der Waals surface area contributed by atoms with E-state index in [4.69, 9.17) is 15.5 Å².